The second kappa shape index (κ2) is 9.72. The molecule has 0 saturated heterocycles. The summed E-state index contributed by atoms with van der Waals surface area (Å²) in [6, 6.07) is 14.0. The number of hydrogen-bond donors (Lipinski definition) is 1. The lowest BCUT2D eigenvalue weighted by atomic mass is 10.1. The standard InChI is InChI=1S/C21H27NO3/c1-4-25-19-12-11-17(14-20(19)24-3)6-5-13-22-21(23)15-18-9-7-16(2)8-10-18/h7-12,14H,4-6,13,15H2,1-3H3,(H,22,23). The zero-order valence-electron chi connectivity index (χ0n) is 15.3. The van der Waals surface area contributed by atoms with Gasteiger partial charge in [-0.15, -0.1) is 0 Å². The Bertz CT molecular complexity index is 680. The SMILES string of the molecule is CCOc1ccc(CCCNC(=O)Cc2ccc(C)cc2)cc1OC. The summed E-state index contributed by atoms with van der Waals surface area (Å²) in [4.78, 5) is 12.0. The smallest absolute Gasteiger partial charge is 0.224 e. The molecule has 4 heteroatoms. The Kier molecular flexibility index (Phi) is 7.33. The molecule has 2 aromatic rings. The summed E-state index contributed by atoms with van der Waals surface area (Å²) in [6.45, 7) is 5.27. The first-order valence-corrected chi connectivity index (χ1v) is 8.74. The fourth-order valence-electron chi connectivity index (χ4n) is 2.62. The van der Waals surface area contributed by atoms with Gasteiger partial charge in [0.15, 0.2) is 11.5 Å². The molecular formula is C21H27NO3. The van der Waals surface area contributed by atoms with Crippen molar-refractivity contribution in [3.63, 3.8) is 0 Å². The third-order valence-electron chi connectivity index (χ3n) is 3.98. The monoisotopic (exact) mass is 341 g/mol. The minimum Gasteiger partial charge on any atom is -0.493 e. The van der Waals surface area contributed by atoms with Gasteiger partial charge in [-0.2, -0.15) is 0 Å². The Labute approximate surface area is 150 Å². The summed E-state index contributed by atoms with van der Waals surface area (Å²) in [6.07, 6.45) is 2.20. The third-order valence-corrected chi connectivity index (χ3v) is 3.98. The van der Waals surface area contributed by atoms with Crippen LogP contribution in [0.15, 0.2) is 42.5 Å². The fourth-order valence-corrected chi connectivity index (χ4v) is 2.62. The van der Waals surface area contributed by atoms with Gasteiger partial charge in [0.2, 0.25) is 5.91 Å². The molecule has 134 valence electrons. The van der Waals surface area contributed by atoms with E-state index in [9.17, 15) is 4.79 Å². The van der Waals surface area contributed by atoms with Gasteiger partial charge >= 0.3 is 0 Å². The lowest BCUT2D eigenvalue weighted by molar-refractivity contribution is -0.120. The van der Waals surface area contributed by atoms with Gasteiger partial charge in [-0.25, -0.2) is 0 Å². The predicted octanol–water partition coefficient (Wildman–Crippen LogP) is 3.69. The van der Waals surface area contributed by atoms with Crippen molar-refractivity contribution in [2.45, 2.75) is 33.1 Å². The van der Waals surface area contributed by atoms with Gasteiger partial charge in [0.25, 0.3) is 0 Å². The van der Waals surface area contributed by atoms with Gasteiger partial charge in [-0.1, -0.05) is 35.9 Å². The molecule has 0 aromatic heterocycles. The fraction of sp³-hybridized carbons (Fsp3) is 0.381. The van der Waals surface area contributed by atoms with Crippen molar-refractivity contribution >= 4 is 5.91 Å². The molecular weight excluding hydrogens is 314 g/mol. The molecule has 4 nitrogen and oxygen atoms in total. The Morgan fingerprint density at radius 2 is 1.76 bits per heavy atom. The van der Waals surface area contributed by atoms with Crippen LogP contribution >= 0.6 is 0 Å². The van der Waals surface area contributed by atoms with Gasteiger partial charge in [0, 0.05) is 6.54 Å². The maximum atomic E-state index is 12.0. The van der Waals surface area contributed by atoms with Crippen LogP contribution in [-0.2, 0) is 17.6 Å². The van der Waals surface area contributed by atoms with E-state index in [2.05, 4.69) is 5.32 Å². The van der Waals surface area contributed by atoms with E-state index in [1.54, 1.807) is 7.11 Å². The highest BCUT2D eigenvalue weighted by molar-refractivity contribution is 5.78. The van der Waals surface area contributed by atoms with Gasteiger partial charge in [0.05, 0.1) is 20.1 Å². The molecule has 0 saturated carbocycles. The largest absolute Gasteiger partial charge is 0.493 e. The van der Waals surface area contributed by atoms with Crippen molar-refractivity contribution in [1.82, 2.24) is 5.32 Å². The first-order valence-electron chi connectivity index (χ1n) is 8.74. The molecule has 25 heavy (non-hydrogen) atoms. The lowest BCUT2D eigenvalue weighted by Gasteiger charge is -2.11. The number of carbonyl (C=O) groups is 1. The Morgan fingerprint density at radius 3 is 2.44 bits per heavy atom. The Balaban J connectivity index is 1.75. The minimum absolute atomic E-state index is 0.0631. The van der Waals surface area contributed by atoms with Crippen LogP contribution in [0.25, 0.3) is 0 Å². The molecule has 0 heterocycles. The molecule has 2 rings (SSSR count). The van der Waals surface area contributed by atoms with Crippen molar-refractivity contribution in [3.8, 4) is 11.5 Å². The van der Waals surface area contributed by atoms with E-state index in [1.165, 1.54) is 11.1 Å². The molecule has 0 radical (unpaired) electrons. The molecule has 1 N–H and O–H groups in total. The molecule has 0 atom stereocenters. The molecule has 2 aromatic carbocycles. The first kappa shape index (κ1) is 18.8. The third kappa shape index (κ3) is 6.14. The van der Waals surface area contributed by atoms with E-state index in [0.29, 0.717) is 19.6 Å². The van der Waals surface area contributed by atoms with Crippen LogP contribution < -0.4 is 14.8 Å². The average molecular weight is 341 g/mol. The van der Waals surface area contributed by atoms with E-state index in [1.807, 2.05) is 56.3 Å². The van der Waals surface area contributed by atoms with Crippen molar-refractivity contribution in [2.75, 3.05) is 20.3 Å². The number of ether oxygens (including phenoxy) is 2. The molecule has 0 bridgehead atoms. The number of carbonyl (C=O) groups excluding carboxylic acids is 1. The van der Waals surface area contributed by atoms with Crippen LogP contribution in [0, 0.1) is 6.92 Å². The van der Waals surface area contributed by atoms with Gasteiger partial charge in [-0.3, -0.25) is 4.79 Å². The summed E-state index contributed by atoms with van der Waals surface area (Å²) in [5.74, 6) is 1.58. The van der Waals surface area contributed by atoms with Gasteiger partial charge < -0.3 is 14.8 Å². The summed E-state index contributed by atoms with van der Waals surface area (Å²) < 4.78 is 10.9. The van der Waals surface area contributed by atoms with E-state index in [4.69, 9.17) is 9.47 Å². The summed E-state index contributed by atoms with van der Waals surface area (Å²) in [5.41, 5.74) is 3.42. The molecule has 0 aliphatic rings. The van der Waals surface area contributed by atoms with Crippen molar-refractivity contribution in [1.29, 1.82) is 0 Å². The predicted molar refractivity (Wildman–Crippen MR) is 100 cm³/mol. The average Bonchev–Trinajstić information content (AvgIpc) is 2.62. The number of rotatable bonds is 9. The number of nitrogens with one attached hydrogen (secondary N) is 1. The van der Waals surface area contributed by atoms with E-state index >= 15 is 0 Å². The van der Waals surface area contributed by atoms with Crippen LogP contribution in [0.2, 0.25) is 0 Å². The molecule has 0 aliphatic heterocycles. The number of hydrogen-bond acceptors (Lipinski definition) is 3. The van der Waals surface area contributed by atoms with E-state index in [0.717, 1.165) is 29.9 Å². The van der Waals surface area contributed by atoms with Crippen LogP contribution in [0.5, 0.6) is 11.5 Å². The highest BCUT2D eigenvalue weighted by atomic mass is 16.5. The van der Waals surface area contributed by atoms with Gasteiger partial charge in [-0.05, 0) is 49.9 Å². The molecule has 0 aliphatic carbocycles. The molecule has 0 spiro atoms. The summed E-state index contributed by atoms with van der Waals surface area (Å²) in [5, 5.41) is 2.98. The molecule has 1 amide bonds. The van der Waals surface area contributed by atoms with Crippen LogP contribution in [0.4, 0.5) is 0 Å². The van der Waals surface area contributed by atoms with Crippen molar-refractivity contribution in [2.24, 2.45) is 0 Å². The van der Waals surface area contributed by atoms with Crippen LogP contribution in [0.1, 0.15) is 30.0 Å². The van der Waals surface area contributed by atoms with E-state index < -0.39 is 0 Å². The number of amides is 1. The highest BCUT2D eigenvalue weighted by Gasteiger charge is 2.06. The number of aryl methyl sites for hydroxylation is 2. The second-order valence-corrected chi connectivity index (χ2v) is 6.03. The summed E-state index contributed by atoms with van der Waals surface area (Å²) in [7, 11) is 1.65. The summed E-state index contributed by atoms with van der Waals surface area (Å²) >= 11 is 0. The minimum atomic E-state index is 0.0631. The van der Waals surface area contributed by atoms with Crippen molar-refractivity contribution in [3.05, 3.63) is 59.2 Å². The lowest BCUT2D eigenvalue weighted by Crippen LogP contribution is -2.26. The number of benzene rings is 2. The zero-order chi connectivity index (χ0) is 18.1. The van der Waals surface area contributed by atoms with E-state index in [-0.39, 0.29) is 5.91 Å². The highest BCUT2D eigenvalue weighted by Crippen LogP contribution is 2.28. The topological polar surface area (TPSA) is 47.6 Å². The Morgan fingerprint density at radius 1 is 1.04 bits per heavy atom. The normalized spacial score (nSPS) is 10.4. The van der Waals surface area contributed by atoms with Crippen molar-refractivity contribution < 1.29 is 14.3 Å². The van der Waals surface area contributed by atoms with Gasteiger partial charge in [0.1, 0.15) is 0 Å². The molecule has 0 unspecified atom stereocenters. The van der Waals surface area contributed by atoms with Crippen LogP contribution in [-0.4, -0.2) is 26.2 Å². The second-order valence-electron chi connectivity index (χ2n) is 6.03. The zero-order valence-corrected chi connectivity index (χ0v) is 15.3. The maximum absolute atomic E-state index is 12.0. The molecule has 0 fully saturated rings. The quantitative estimate of drug-likeness (QED) is 0.708. The maximum Gasteiger partial charge on any atom is 0.224 e. The number of methoxy groups -OCH3 is 1. The first-order chi connectivity index (χ1) is 12.1. The van der Waals surface area contributed by atoms with Crippen LogP contribution in [0.3, 0.4) is 0 Å². The Hall–Kier alpha value is -2.49.